The molecule has 114 valence electrons. The van der Waals surface area contributed by atoms with E-state index in [2.05, 4.69) is 5.32 Å². The summed E-state index contributed by atoms with van der Waals surface area (Å²) in [6.45, 7) is 7.33. The van der Waals surface area contributed by atoms with Gasteiger partial charge >= 0.3 is 6.09 Å². The van der Waals surface area contributed by atoms with Crippen molar-refractivity contribution < 1.29 is 19.1 Å². The maximum atomic E-state index is 11.8. The Labute approximate surface area is 124 Å². The maximum absolute atomic E-state index is 11.8. The monoisotopic (exact) mass is 291 g/mol. The van der Waals surface area contributed by atoms with Crippen LogP contribution < -0.4 is 10.1 Å². The Morgan fingerprint density at radius 3 is 2.67 bits per heavy atom. The van der Waals surface area contributed by atoms with Crippen LogP contribution in [0.2, 0.25) is 0 Å². The lowest BCUT2D eigenvalue weighted by molar-refractivity contribution is 0.0481. The second kappa shape index (κ2) is 5.76. The SMILES string of the molecule is CC(=O)c1cccc2c1C[C@H](NC(=O)OC(C)(C)C)CO2. The lowest BCUT2D eigenvalue weighted by atomic mass is 9.95. The number of alkyl carbamates (subject to hydrolysis) is 1. The first-order valence-electron chi connectivity index (χ1n) is 7.01. The number of carbonyl (C=O) groups excluding carboxylic acids is 2. The molecule has 1 atom stereocenters. The molecule has 0 aromatic heterocycles. The molecule has 1 N–H and O–H groups in total. The molecule has 1 aliphatic heterocycles. The molecule has 21 heavy (non-hydrogen) atoms. The Balaban J connectivity index is 2.09. The molecule has 0 radical (unpaired) electrons. The predicted molar refractivity (Wildman–Crippen MR) is 78.8 cm³/mol. The van der Waals surface area contributed by atoms with Gasteiger partial charge in [0.1, 0.15) is 18.0 Å². The van der Waals surface area contributed by atoms with Crippen LogP contribution in [0.3, 0.4) is 0 Å². The smallest absolute Gasteiger partial charge is 0.408 e. The van der Waals surface area contributed by atoms with Crippen molar-refractivity contribution in [1.82, 2.24) is 5.32 Å². The summed E-state index contributed by atoms with van der Waals surface area (Å²) in [5, 5.41) is 2.78. The first-order valence-corrected chi connectivity index (χ1v) is 7.01. The van der Waals surface area contributed by atoms with E-state index in [-0.39, 0.29) is 11.8 Å². The number of hydrogen-bond acceptors (Lipinski definition) is 4. The summed E-state index contributed by atoms with van der Waals surface area (Å²) >= 11 is 0. The number of ether oxygens (including phenoxy) is 2. The Bertz CT molecular complexity index is 560. The Morgan fingerprint density at radius 2 is 2.05 bits per heavy atom. The Morgan fingerprint density at radius 1 is 1.33 bits per heavy atom. The van der Waals surface area contributed by atoms with Crippen molar-refractivity contribution in [2.45, 2.75) is 45.8 Å². The average molecular weight is 291 g/mol. The summed E-state index contributed by atoms with van der Waals surface area (Å²) in [5.74, 6) is 0.707. The molecule has 1 heterocycles. The fourth-order valence-corrected chi connectivity index (χ4v) is 2.30. The van der Waals surface area contributed by atoms with Crippen molar-refractivity contribution >= 4 is 11.9 Å². The average Bonchev–Trinajstić information content (AvgIpc) is 2.35. The van der Waals surface area contributed by atoms with Gasteiger partial charge in [0, 0.05) is 17.5 Å². The van der Waals surface area contributed by atoms with Gasteiger partial charge in [-0.15, -0.1) is 0 Å². The minimum Gasteiger partial charge on any atom is -0.491 e. The van der Waals surface area contributed by atoms with Crippen molar-refractivity contribution in [1.29, 1.82) is 0 Å². The zero-order valence-electron chi connectivity index (χ0n) is 12.9. The summed E-state index contributed by atoms with van der Waals surface area (Å²) in [7, 11) is 0. The van der Waals surface area contributed by atoms with Gasteiger partial charge in [-0.25, -0.2) is 4.79 Å². The fraction of sp³-hybridized carbons (Fsp3) is 0.500. The second-order valence-electron chi connectivity index (χ2n) is 6.20. The van der Waals surface area contributed by atoms with Crippen molar-refractivity contribution in [3.63, 3.8) is 0 Å². The predicted octanol–water partition coefficient (Wildman–Crippen LogP) is 2.72. The molecular formula is C16H21NO4. The van der Waals surface area contributed by atoms with Gasteiger partial charge in [0.25, 0.3) is 0 Å². The number of hydrogen-bond donors (Lipinski definition) is 1. The summed E-state index contributed by atoms with van der Waals surface area (Å²) < 4.78 is 10.9. The number of carbonyl (C=O) groups is 2. The van der Waals surface area contributed by atoms with Gasteiger partial charge < -0.3 is 14.8 Å². The van der Waals surface area contributed by atoms with E-state index in [9.17, 15) is 9.59 Å². The highest BCUT2D eigenvalue weighted by Crippen LogP contribution is 2.28. The number of rotatable bonds is 2. The molecular weight excluding hydrogens is 270 g/mol. The molecule has 1 aliphatic rings. The standard InChI is InChI=1S/C16H21NO4/c1-10(18)12-6-5-7-14-13(12)8-11(9-20-14)17-15(19)21-16(2,3)4/h5-7,11H,8-9H2,1-4H3,(H,17,19)/t11-/m0/s1. The summed E-state index contributed by atoms with van der Waals surface area (Å²) in [6, 6.07) is 5.22. The zero-order valence-corrected chi connectivity index (χ0v) is 12.9. The van der Waals surface area contributed by atoms with Gasteiger partial charge in [0.2, 0.25) is 0 Å². The van der Waals surface area contributed by atoms with Crippen LogP contribution in [0, 0.1) is 0 Å². The minimum atomic E-state index is -0.540. The van der Waals surface area contributed by atoms with Gasteiger partial charge in [0.15, 0.2) is 5.78 Å². The molecule has 2 rings (SSSR count). The van der Waals surface area contributed by atoms with Crippen molar-refractivity contribution in [2.75, 3.05) is 6.61 Å². The Hall–Kier alpha value is -2.04. The van der Waals surface area contributed by atoms with Crippen LogP contribution in [-0.2, 0) is 11.2 Å². The van der Waals surface area contributed by atoms with Crippen molar-refractivity contribution in [2.24, 2.45) is 0 Å². The van der Waals surface area contributed by atoms with Crippen molar-refractivity contribution in [3.8, 4) is 5.75 Å². The third-order valence-corrected chi connectivity index (χ3v) is 3.12. The second-order valence-corrected chi connectivity index (χ2v) is 6.20. The van der Waals surface area contributed by atoms with E-state index in [0.717, 1.165) is 5.56 Å². The van der Waals surface area contributed by atoms with Crippen LogP contribution in [0.15, 0.2) is 18.2 Å². The number of fused-ring (bicyclic) bond motifs is 1. The van der Waals surface area contributed by atoms with E-state index in [4.69, 9.17) is 9.47 Å². The van der Waals surface area contributed by atoms with Crippen molar-refractivity contribution in [3.05, 3.63) is 29.3 Å². The number of amides is 1. The minimum absolute atomic E-state index is 0.00614. The first kappa shape index (κ1) is 15.4. The van der Waals surface area contributed by atoms with Gasteiger partial charge in [-0.3, -0.25) is 4.79 Å². The van der Waals surface area contributed by atoms with E-state index in [1.54, 1.807) is 12.1 Å². The summed E-state index contributed by atoms with van der Waals surface area (Å²) in [5.41, 5.74) is 0.947. The van der Waals surface area contributed by atoms with Crippen LogP contribution in [0.1, 0.15) is 43.6 Å². The van der Waals surface area contributed by atoms with Crippen LogP contribution in [0.25, 0.3) is 0 Å². The van der Waals surface area contributed by atoms with Crippen LogP contribution in [0.4, 0.5) is 4.79 Å². The summed E-state index contributed by atoms with van der Waals surface area (Å²) in [4.78, 5) is 23.5. The number of Topliss-reactive ketones (excluding diaryl/α,β-unsaturated/α-hetero) is 1. The molecule has 0 aliphatic carbocycles. The van der Waals surface area contributed by atoms with E-state index in [1.807, 2.05) is 26.8 Å². The highest BCUT2D eigenvalue weighted by Gasteiger charge is 2.26. The molecule has 0 saturated heterocycles. The van der Waals surface area contributed by atoms with E-state index >= 15 is 0 Å². The molecule has 1 aromatic rings. The first-order chi connectivity index (χ1) is 9.76. The highest BCUT2D eigenvalue weighted by molar-refractivity contribution is 5.96. The third kappa shape index (κ3) is 3.97. The number of nitrogens with one attached hydrogen (secondary N) is 1. The number of benzene rings is 1. The van der Waals surface area contributed by atoms with E-state index < -0.39 is 11.7 Å². The molecule has 0 unspecified atom stereocenters. The quantitative estimate of drug-likeness (QED) is 0.851. The van der Waals surface area contributed by atoms with E-state index in [1.165, 1.54) is 6.92 Å². The summed E-state index contributed by atoms with van der Waals surface area (Å²) in [6.07, 6.45) is 0.0875. The van der Waals surface area contributed by atoms with Crippen LogP contribution in [-0.4, -0.2) is 30.1 Å². The van der Waals surface area contributed by atoms with Crippen LogP contribution in [0.5, 0.6) is 5.75 Å². The highest BCUT2D eigenvalue weighted by atomic mass is 16.6. The van der Waals surface area contributed by atoms with Gasteiger partial charge in [0.05, 0.1) is 6.04 Å². The molecule has 5 nitrogen and oxygen atoms in total. The lowest BCUT2D eigenvalue weighted by Gasteiger charge is -2.28. The normalized spacial score (nSPS) is 17.4. The van der Waals surface area contributed by atoms with Gasteiger partial charge in [-0.05, 0) is 33.8 Å². The van der Waals surface area contributed by atoms with Gasteiger partial charge in [-0.2, -0.15) is 0 Å². The molecule has 0 saturated carbocycles. The lowest BCUT2D eigenvalue weighted by Crippen LogP contribution is -2.45. The number of ketones is 1. The maximum Gasteiger partial charge on any atom is 0.408 e. The molecule has 0 spiro atoms. The van der Waals surface area contributed by atoms with E-state index in [0.29, 0.717) is 24.3 Å². The molecule has 0 fully saturated rings. The molecule has 0 bridgehead atoms. The fourth-order valence-electron chi connectivity index (χ4n) is 2.30. The molecule has 1 amide bonds. The Kier molecular flexibility index (Phi) is 4.21. The van der Waals surface area contributed by atoms with Crippen LogP contribution >= 0.6 is 0 Å². The van der Waals surface area contributed by atoms with Gasteiger partial charge in [-0.1, -0.05) is 12.1 Å². The largest absolute Gasteiger partial charge is 0.491 e. The topological polar surface area (TPSA) is 64.6 Å². The molecule has 5 heteroatoms. The third-order valence-electron chi connectivity index (χ3n) is 3.12. The zero-order chi connectivity index (χ0) is 15.6. The molecule has 1 aromatic carbocycles.